The van der Waals surface area contributed by atoms with Crippen LogP contribution >= 0.6 is 0 Å². The molecular weight excluding hydrogens is 363 g/mol. The molecule has 0 bridgehead atoms. The van der Waals surface area contributed by atoms with E-state index in [0.29, 0.717) is 18.5 Å². The van der Waals surface area contributed by atoms with Crippen molar-refractivity contribution in [3.05, 3.63) is 35.7 Å². The fraction of sp³-hybridized carbons (Fsp3) is 0.500. The molecule has 9 heteroatoms. The number of hydrogen-bond donors (Lipinski definition) is 0. The Morgan fingerprint density at radius 2 is 1.89 bits per heavy atom. The summed E-state index contributed by atoms with van der Waals surface area (Å²) >= 11 is 0. The zero-order valence-corrected chi connectivity index (χ0v) is 15.2. The van der Waals surface area contributed by atoms with E-state index < -0.39 is 29.5 Å². The number of carbonyl (C=O) groups is 1. The molecule has 27 heavy (non-hydrogen) atoms. The van der Waals surface area contributed by atoms with Crippen molar-refractivity contribution < 1.29 is 27.2 Å². The van der Waals surface area contributed by atoms with Crippen molar-refractivity contribution in [2.75, 3.05) is 6.54 Å². The molecule has 0 saturated carbocycles. The van der Waals surface area contributed by atoms with E-state index in [1.165, 1.54) is 17.0 Å². The molecule has 2 aromatic rings. The normalized spacial score (nSPS) is 18.0. The molecular formula is C18H20F3N3O3. The number of rotatable bonds is 2. The summed E-state index contributed by atoms with van der Waals surface area (Å²) in [6, 6.07) is 4.10. The van der Waals surface area contributed by atoms with Gasteiger partial charge in [-0.1, -0.05) is 17.3 Å². The van der Waals surface area contributed by atoms with Crippen molar-refractivity contribution in [2.24, 2.45) is 0 Å². The first-order chi connectivity index (χ1) is 12.5. The summed E-state index contributed by atoms with van der Waals surface area (Å²) in [5.74, 6) is 0.419. The highest BCUT2D eigenvalue weighted by molar-refractivity contribution is 5.69. The molecule has 3 rings (SSSR count). The van der Waals surface area contributed by atoms with Gasteiger partial charge in [-0.3, -0.25) is 4.90 Å². The van der Waals surface area contributed by atoms with Crippen LogP contribution in [0.1, 0.15) is 51.1 Å². The van der Waals surface area contributed by atoms with Gasteiger partial charge in [0.05, 0.1) is 5.56 Å². The summed E-state index contributed by atoms with van der Waals surface area (Å²) in [6.07, 6.45) is -3.45. The van der Waals surface area contributed by atoms with Crippen molar-refractivity contribution >= 4 is 6.09 Å². The number of nitrogens with zero attached hydrogens (tertiary/aromatic N) is 3. The molecule has 1 unspecified atom stereocenters. The number of amides is 1. The second kappa shape index (κ2) is 6.86. The molecule has 146 valence electrons. The second-order valence-corrected chi connectivity index (χ2v) is 7.36. The Hall–Kier alpha value is -2.58. The topological polar surface area (TPSA) is 68.5 Å². The number of halogens is 3. The molecule has 0 aliphatic carbocycles. The SMILES string of the molecule is CC(C)(C)OC(=O)N1CCCC1c1nc(-c2ccc(C(F)(F)F)cc2)no1. The lowest BCUT2D eigenvalue weighted by molar-refractivity contribution is -0.137. The molecule has 1 saturated heterocycles. The van der Waals surface area contributed by atoms with Gasteiger partial charge in [0, 0.05) is 12.1 Å². The van der Waals surface area contributed by atoms with Gasteiger partial charge in [0.25, 0.3) is 0 Å². The van der Waals surface area contributed by atoms with E-state index in [2.05, 4.69) is 10.1 Å². The summed E-state index contributed by atoms with van der Waals surface area (Å²) in [7, 11) is 0. The monoisotopic (exact) mass is 383 g/mol. The molecule has 0 radical (unpaired) electrons. The Labute approximate surface area is 154 Å². The molecule has 1 aromatic heterocycles. The van der Waals surface area contributed by atoms with Crippen LogP contribution < -0.4 is 0 Å². The van der Waals surface area contributed by atoms with E-state index in [1.807, 2.05) is 0 Å². The summed E-state index contributed by atoms with van der Waals surface area (Å²) in [6.45, 7) is 5.86. The van der Waals surface area contributed by atoms with Crippen LogP contribution in [0.4, 0.5) is 18.0 Å². The van der Waals surface area contributed by atoms with Crippen molar-refractivity contribution in [3.63, 3.8) is 0 Å². The number of benzene rings is 1. The highest BCUT2D eigenvalue weighted by atomic mass is 19.4. The highest BCUT2D eigenvalue weighted by Crippen LogP contribution is 2.34. The van der Waals surface area contributed by atoms with Crippen LogP contribution in [0.2, 0.25) is 0 Å². The van der Waals surface area contributed by atoms with Crippen LogP contribution in [0.3, 0.4) is 0 Å². The van der Waals surface area contributed by atoms with Crippen LogP contribution in [0.15, 0.2) is 28.8 Å². The third-order valence-electron chi connectivity index (χ3n) is 4.08. The third-order valence-corrected chi connectivity index (χ3v) is 4.08. The van der Waals surface area contributed by atoms with E-state index >= 15 is 0 Å². The molecule has 0 spiro atoms. The van der Waals surface area contributed by atoms with Gasteiger partial charge in [0.2, 0.25) is 11.7 Å². The minimum atomic E-state index is -4.40. The van der Waals surface area contributed by atoms with Gasteiger partial charge in [-0.25, -0.2) is 4.79 Å². The fourth-order valence-electron chi connectivity index (χ4n) is 2.86. The van der Waals surface area contributed by atoms with Crippen LogP contribution in [-0.4, -0.2) is 33.3 Å². The van der Waals surface area contributed by atoms with E-state index in [4.69, 9.17) is 9.26 Å². The fourth-order valence-corrected chi connectivity index (χ4v) is 2.86. The lowest BCUT2D eigenvalue weighted by atomic mass is 10.1. The zero-order chi connectivity index (χ0) is 19.8. The maximum atomic E-state index is 12.7. The highest BCUT2D eigenvalue weighted by Gasteiger charge is 2.36. The molecule has 6 nitrogen and oxygen atoms in total. The third kappa shape index (κ3) is 4.40. The van der Waals surface area contributed by atoms with Crippen LogP contribution in [-0.2, 0) is 10.9 Å². The van der Waals surface area contributed by atoms with Gasteiger partial charge in [-0.2, -0.15) is 18.2 Å². The first kappa shape index (κ1) is 19.2. The Bertz CT molecular complexity index is 810. The van der Waals surface area contributed by atoms with Crippen LogP contribution in [0.25, 0.3) is 11.4 Å². The first-order valence-electron chi connectivity index (χ1n) is 8.55. The first-order valence-corrected chi connectivity index (χ1v) is 8.55. The average Bonchev–Trinajstić information content (AvgIpc) is 3.21. The molecule has 2 heterocycles. The van der Waals surface area contributed by atoms with Crippen molar-refractivity contribution in [1.29, 1.82) is 0 Å². The molecule has 1 amide bonds. The summed E-state index contributed by atoms with van der Waals surface area (Å²) in [5.41, 5.74) is -0.966. The Balaban J connectivity index is 1.77. The van der Waals surface area contributed by atoms with E-state index in [1.54, 1.807) is 20.8 Å². The number of ether oxygens (including phenoxy) is 1. The predicted molar refractivity (Wildman–Crippen MR) is 89.7 cm³/mol. The Morgan fingerprint density at radius 1 is 1.22 bits per heavy atom. The van der Waals surface area contributed by atoms with Gasteiger partial charge < -0.3 is 9.26 Å². The molecule has 1 aliphatic rings. The Morgan fingerprint density at radius 3 is 2.48 bits per heavy atom. The summed E-state index contributed by atoms with van der Waals surface area (Å²) in [5, 5.41) is 3.85. The predicted octanol–water partition coefficient (Wildman–Crippen LogP) is 4.83. The summed E-state index contributed by atoms with van der Waals surface area (Å²) in [4.78, 5) is 18.2. The van der Waals surface area contributed by atoms with Crippen molar-refractivity contribution in [1.82, 2.24) is 15.0 Å². The molecule has 1 aromatic carbocycles. The molecule has 1 fully saturated rings. The van der Waals surface area contributed by atoms with E-state index in [-0.39, 0.29) is 11.7 Å². The van der Waals surface area contributed by atoms with Gasteiger partial charge in [-0.05, 0) is 45.7 Å². The number of likely N-dealkylation sites (tertiary alicyclic amines) is 1. The second-order valence-electron chi connectivity index (χ2n) is 7.36. The van der Waals surface area contributed by atoms with Crippen LogP contribution in [0.5, 0.6) is 0 Å². The van der Waals surface area contributed by atoms with Gasteiger partial charge in [0.1, 0.15) is 11.6 Å². The zero-order valence-electron chi connectivity index (χ0n) is 15.2. The Kier molecular flexibility index (Phi) is 4.88. The number of alkyl halides is 3. The molecule has 1 aliphatic heterocycles. The summed E-state index contributed by atoms with van der Waals surface area (Å²) < 4.78 is 48.7. The lowest BCUT2D eigenvalue weighted by Crippen LogP contribution is -2.36. The smallest absolute Gasteiger partial charge is 0.416 e. The largest absolute Gasteiger partial charge is 0.444 e. The lowest BCUT2D eigenvalue weighted by Gasteiger charge is -2.26. The van der Waals surface area contributed by atoms with Crippen molar-refractivity contribution in [2.45, 2.75) is 51.4 Å². The standard InChI is InChI=1S/C18H20F3N3O3/c1-17(2,3)26-16(25)24-10-4-5-13(24)15-22-14(23-27-15)11-6-8-12(9-7-11)18(19,20)21/h6-9,13H,4-5,10H2,1-3H3. The van der Waals surface area contributed by atoms with Gasteiger partial charge in [0.15, 0.2) is 0 Å². The average molecular weight is 383 g/mol. The van der Waals surface area contributed by atoms with Crippen LogP contribution in [0, 0.1) is 0 Å². The number of carbonyl (C=O) groups excluding carboxylic acids is 1. The van der Waals surface area contributed by atoms with E-state index in [9.17, 15) is 18.0 Å². The maximum Gasteiger partial charge on any atom is 0.416 e. The number of aromatic nitrogens is 2. The molecule has 0 N–H and O–H groups in total. The minimum absolute atomic E-state index is 0.176. The minimum Gasteiger partial charge on any atom is -0.444 e. The maximum absolute atomic E-state index is 12.7. The number of hydrogen-bond acceptors (Lipinski definition) is 5. The van der Waals surface area contributed by atoms with E-state index in [0.717, 1.165) is 18.6 Å². The van der Waals surface area contributed by atoms with Crippen molar-refractivity contribution in [3.8, 4) is 11.4 Å². The van der Waals surface area contributed by atoms with Gasteiger partial charge in [-0.15, -0.1) is 0 Å². The van der Waals surface area contributed by atoms with Gasteiger partial charge >= 0.3 is 12.3 Å². The molecule has 1 atom stereocenters. The quantitative estimate of drug-likeness (QED) is 0.743.